The van der Waals surface area contributed by atoms with Gasteiger partial charge in [-0.2, -0.15) is 4.98 Å². The van der Waals surface area contributed by atoms with E-state index in [9.17, 15) is 13.2 Å². The van der Waals surface area contributed by atoms with Crippen LogP contribution in [-0.4, -0.2) is 41.4 Å². The number of primary sulfonamides is 1. The first kappa shape index (κ1) is 13.9. The first-order chi connectivity index (χ1) is 8.80. The molecule has 9 heteroatoms. The summed E-state index contributed by atoms with van der Waals surface area (Å²) in [4.78, 5) is 17.6. The van der Waals surface area contributed by atoms with E-state index in [2.05, 4.69) is 10.1 Å². The average molecular weight is 287 g/mol. The molecular formula is C10H17N5O3S. The Labute approximate surface area is 111 Å². The third kappa shape index (κ3) is 3.10. The van der Waals surface area contributed by atoms with E-state index in [1.54, 1.807) is 11.7 Å². The minimum absolute atomic E-state index is 0.163. The molecule has 1 aliphatic heterocycles. The number of anilines is 1. The number of sulfonamides is 1. The van der Waals surface area contributed by atoms with Gasteiger partial charge in [-0.15, -0.1) is 5.10 Å². The Hall–Kier alpha value is -1.48. The van der Waals surface area contributed by atoms with Crippen LogP contribution in [0.4, 0.5) is 5.95 Å². The maximum absolute atomic E-state index is 11.9. The molecule has 1 amide bonds. The van der Waals surface area contributed by atoms with Gasteiger partial charge in [-0.1, -0.05) is 6.92 Å². The molecule has 0 aromatic carbocycles. The van der Waals surface area contributed by atoms with Crippen LogP contribution in [0.5, 0.6) is 0 Å². The molecule has 0 aliphatic carbocycles. The molecule has 2 heterocycles. The number of carbonyl (C=O) groups excluding carboxylic acids is 1. The van der Waals surface area contributed by atoms with Crippen molar-refractivity contribution in [2.24, 2.45) is 18.1 Å². The Morgan fingerprint density at radius 3 is 2.68 bits per heavy atom. The minimum Gasteiger partial charge on any atom is -0.279 e. The first-order valence-electron chi connectivity index (χ1n) is 6.01. The van der Waals surface area contributed by atoms with Crippen LogP contribution in [0.25, 0.3) is 0 Å². The molecule has 8 nitrogen and oxygen atoms in total. The molecule has 2 rings (SSSR count). The van der Waals surface area contributed by atoms with Crippen LogP contribution in [0, 0.1) is 5.92 Å². The van der Waals surface area contributed by atoms with Crippen LogP contribution < -0.4 is 10.0 Å². The molecule has 1 saturated heterocycles. The smallest absolute Gasteiger partial charge is 0.251 e. The second-order valence-electron chi connectivity index (χ2n) is 4.71. The summed E-state index contributed by atoms with van der Waals surface area (Å²) in [5.41, 5.74) is 0. The van der Waals surface area contributed by atoms with Crippen LogP contribution in [0.3, 0.4) is 0 Å². The Bertz CT molecular complexity index is 594. The molecule has 1 aliphatic rings. The minimum atomic E-state index is -3.57. The lowest BCUT2D eigenvalue weighted by molar-refractivity contribution is -0.117. The lowest BCUT2D eigenvalue weighted by Gasteiger charge is -2.11. The van der Waals surface area contributed by atoms with Crippen molar-refractivity contribution < 1.29 is 13.2 Å². The highest BCUT2D eigenvalue weighted by molar-refractivity contribution is 7.89. The van der Waals surface area contributed by atoms with Gasteiger partial charge in [-0.05, 0) is 0 Å². The van der Waals surface area contributed by atoms with E-state index in [0.29, 0.717) is 18.9 Å². The van der Waals surface area contributed by atoms with Gasteiger partial charge in [-0.3, -0.25) is 14.4 Å². The number of hydrogen-bond donors (Lipinski definition) is 1. The Morgan fingerprint density at radius 2 is 2.16 bits per heavy atom. The number of rotatable bonds is 4. The molecule has 1 aromatic heterocycles. The number of carbonyl (C=O) groups is 1. The molecule has 1 aromatic rings. The normalized spacial score (nSPS) is 20.3. The van der Waals surface area contributed by atoms with E-state index in [1.165, 1.54) is 4.90 Å². The van der Waals surface area contributed by atoms with Crippen molar-refractivity contribution in [1.29, 1.82) is 0 Å². The fourth-order valence-electron chi connectivity index (χ4n) is 2.24. The van der Waals surface area contributed by atoms with Crippen molar-refractivity contribution in [3.05, 3.63) is 5.82 Å². The summed E-state index contributed by atoms with van der Waals surface area (Å²) in [6.45, 7) is 2.24. The van der Waals surface area contributed by atoms with Gasteiger partial charge in [0.25, 0.3) is 5.95 Å². The lowest BCUT2D eigenvalue weighted by atomic mass is 10.1. The summed E-state index contributed by atoms with van der Waals surface area (Å²) in [6.07, 6.45) is 0.877. The van der Waals surface area contributed by atoms with Crippen LogP contribution in [-0.2, 0) is 28.3 Å². The first-order valence-corrected chi connectivity index (χ1v) is 7.72. The van der Waals surface area contributed by atoms with Crippen molar-refractivity contribution in [2.45, 2.75) is 19.8 Å². The fraction of sp³-hybridized carbons (Fsp3) is 0.700. The Morgan fingerprint density at radius 1 is 1.47 bits per heavy atom. The maximum Gasteiger partial charge on any atom is 0.251 e. The van der Waals surface area contributed by atoms with Gasteiger partial charge in [0.2, 0.25) is 15.9 Å². The third-order valence-corrected chi connectivity index (χ3v) is 4.01. The number of aryl methyl sites for hydroxylation is 2. The summed E-state index contributed by atoms with van der Waals surface area (Å²) in [5.74, 6) is 0.458. The predicted octanol–water partition coefficient (Wildman–Crippen LogP) is -0.981. The summed E-state index contributed by atoms with van der Waals surface area (Å²) in [5, 5.41) is 9.18. The summed E-state index contributed by atoms with van der Waals surface area (Å²) < 4.78 is 23.7. The maximum atomic E-state index is 11.9. The molecule has 1 atom stereocenters. The van der Waals surface area contributed by atoms with Crippen molar-refractivity contribution in [2.75, 3.05) is 17.2 Å². The number of amides is 1. The molecule has 19 heavy (non-hydrogen) atoms. The summed E-state index contributed by atoms with van der Waals surface area (Å²) in [6, 6.07) is 0. The number of hydrogen-bond acceptors (Lipinski definition) is 5. The van der Waals surface area contributed by atoms with E-state index in [1.807, 2.05) is 6.92 Å². The highest BCUT2D eigenvalue weighted by Crippen LogP contribution is 2.23. The summed E-state index contributed by atoms with van der Waals surface area (Å²) >= 11 is 0. The molecule has 106 valence electrons. The molecule has 0 radical (unpaired) electrons. The second kappa shape index (κ2) is 4.89. The zero-order valence-corrected chi connectivity index (χ0v) is 11.7. The third-order valence-electron chi connectivity index (χ3n) is 3.07. The van der Waals surface area contributed by atoms with Crippen molar-refractivity contribution in [1.82, 2.24) is 14.8 Å². The number of nitrogens with zero attached hydrogens (tertiary/aromatic N) is 4. The van der Waals surface area contributed by atoms with Crippen LogP contribution in [0.2, 0.25) is 0 Å². The van der Waals surface area contributed by atoms with Gasteiger partial charge in [0.15, 0.2) is 0 Å². The quantitative estimate of drug-likeness (QED) is 0.765. The molecular weight excluding hydrogens is 270 g/mol. The second-order valence-corrected chi connectivity index (χ2v) is 6.37. The highest BCUT2D eigenvalue weighted by atomic mass is 32.2. The van der Waals surface area contributed by atoms with E-state index in [-0.39, 0.29) is 24.0 Å². The van der Waals surface area contributed by atoms with Gasteiger partial charge < -0.3 is 0 Å². The zero-order valence-electron chi connectivity index (χ0n) is 10.9. The average Bonchev–Trinajstić information content (AvgIpc) is 2.79. The van der Waals surface area contributed by atoms with Crippen molar-refractivity contribution >= 4 is 21.9 Å². The molecule has 0 saturated carbocycles. The van der Waals surface area contributed by atoms with Crippen molar-refractivity contribution in [3.8, 4) is 0 Å². The zero-order chi connectivity index (χ0) is 14.2. The van der Waals surface area contributed by atoms with Gasteiger partial charge in [0.05, 0.1) is 5.75 Å². The van der Waals surface area contributed by atoms with E-state index in [0.717, 1.165) is 5.82 Å². The standard InChI is InChI=1S/C10H17N5O3S/c1-3-8-12-10(13-14(8)2)15-5-7(4-9(15)16)6-19(11,17)18/h7H,3-6H2,1-2H3,(H2,11,17,18). The van der Waals surface area contributed by atoms with Gasteiger partial charge in [0, 0.05) is 32.4 Å². The molecule has 0 bridgehead atoms. The fourth-order valence-corrected chi connectivity index (χ4v) is 3.12. The Kier molecular flexibility index (Phi) is 3.59. The van der Waals surface area contributed by atoms with Gasteiger partial charge in [0.1, 0.15) is 5.82 Å². The topological polar surface area (TPSA) is 111 Å². The molecule has 2 N–H and O–H groups in total. The monoisotopic (exact) mass is 287 g/mol. The molecule has 0 spiro atoms. The van der Waals surface area contributed by atoms with Gasteiger partial charge in [-0.25, -0.2) is 13.6 Å². The van der Waals surface area contributed by atoms with Crippen LogP contribution in [0.15, 0.2) is 0 Å². The lowest BCUT2D eigenvalue weighted by Crippen LogP contribution is -2.28. The van der Waals surface area contributed by atoms with E-state index < -0.39 is 10.0 Å². The Balaban J connectivity index is 2.15. The molecule has 1 unspecified atom stereocenters. The summed E-state index contributed by atoms with van der Waals surface area (Å²) in [7, 11) is -1.81. The van der Waals surface area contributed by atoms with Crippen LogP contribution >= 0.6 is 0 Å². The van der Waals surface area contributed by atoms with Crippen LogP contribution in [0.1, 0.15) is 19.2 Å². The highest BCUT2D eigenvalue weighted by Gasteiger charge is 2.34. The SMILES string of the molecule is CCc1nc(N2CC(CS(N)(=O)=O)CC2=O)nn1C. The van der Waals surface area contributed by atoms with E-state index in [4.69, 9.17) is 5.14 Å². The van der Waals surface area contributed by atoms with E-state index >= 15 is 0 Å². The number of aromatic nitrogens is 3. The number of nitrogens with two attached hydrogens (primary N) is 1. The largest absolute Gasteiger partial charge is 0.279 e. The molecule has 1 fully saturated rings. The van der Waals surface area contributed by atoms with Crippen molar-refractivity contribution in [3.63, 3.8) is 0 Å². The van der Waals surface area contributed by atoms with Gasteiger partial charge >= 0.3 is 0 Å². The predicted molar refractivity (Wildman–Crippen MR) is 68.8 cm³/mol.